The lowest BCUT2D eigenvalue weighted by molar-refractivity contribution is -0.111. The summed E-state index contributed by atoms with van der Waals surface area (Å²) < 4.78 is 29.8. The standard InChI is InChI=1S/C16H16BrNO4S/c1-10(2)14-9-15(11(3)8-16(14)19)18-22-23(20,21)13-6-4-12(17)5-7-13/h4-10H,1-3H3/b18-15+. The minimum Gasteiger partial charge on any atom is -0.290 e. The monoisotopic (exact) mass is 397 g/mol. The molecular weight excluding hydrogens is 382 g/mol. The number of benzene rings is 1. The van der Waals surface area contributed by atoms with Crippen LogP contribution in [0, 0.1) is 5.92 Å². The first-order valence-electron chi connectivity index (χ1n) is 6.92. The summed E-state index contributed by atoms with van der Waals surface area (Å²) in [6.45, 7) is 5.45. The first-order valence-corrected chi connectivity index (χ1v) is 9.12. The van der Waals surface area contributed by atoms with Gasteiger partial charge in [-0.1, -0.05) is 34.9 Å². The lowest BCUT2D eigenvalue weighted by atomic mass is 9.90. The van der Waals surface area contributed by atoms with E-state index < -0.39 is 10.1 Å². The molecule has 0 saturated heterocycles. The Bertz CT molecular complexity index is 818. The number of carbonyl (C=O) groups is 1. The van der Waals surface area contributed by atoms with E-state index in [1.165, 1.54) is 18.2 Å². The highest BCUT2D eigenvalue weighted by atomic mass is 79.9. The molecule has 122 valence electrons. The number of carbonyl (C=O) groups excluding carboxylic acids is 1. The fourth-order valence-electron chi connectivity index (χ4n) is 1.97. The Labute approximate surface area is 144 Å². The fourth-order valence-corrected chi connectivity index (χ4v) is 2.97. The van der Waals surface area contributed by atoms with Gasteiger partial charge in [0.1, 0.15) is 10.6 Å². The summed E-state index contributed by atoms with van der Waals surface area (Å²) in [7, 11) is -4.00. The normalized spacial score (nSPS) is 17.3. The van der Waals surface area contributed by atoms with Gasteiger partial charge in [-0.2, -0.15) is 8.42 Å². The maximum atomic E-state index is 12.1. The summed E-state index contributed by atoms with van der Waals surface area (Å²) in [6.07, 6.45) is 3.00. The molecule has 0 radical (unpaired) electrons. The maximum absolute atomic E-state index is 12.1. The van der Waals surface area contributed by atoms with Crippen LogP contribution in [0.1, 0.15) is 20.8 Å². The van der Waals surface area contributed by atoms with Crippen LogP contribution in [-0.4, -0.2) is 19.9 Å². The summed E-state index contributed by atoms with van der Waals surface area (Å²) in [5.74, 6) is -0.0765. The van der Waals surface area contributed by atoms with Crippen LogP contribution in [0.25, 0.3) is 0 Å². The summed E-state index contributed by atoms with van der Waals surface area (Å²) in [4.78, 5) is 11.9. The van der Waals surface area contributed by atoms with Crippen molar-refractivity contribution >= 4 is 37.5 Å². The van der Waals surface area contributed by atoms with Crippen LogP contribution >= 0.6 is 15.9 Å². The first kappa shape index (κ1) is 17.6. The summed E-state index contributed by atoms with van der Waals surface area (Å²) in [5.41, 5.74) is 1.46. The lowest BCUT2D eigenvalue weighted by Gasteiger charge is -2.14. The van der Waals surface area contributed by atoms with Gasteiger partial charge in [-0.3, -0.25) is 9.08 Å². The van der Waals surface area contributed by atoms with Crippen molar-refractivity contribution in [2.24, 2.45) is 11.1 Å². The number of halogens is 1. The molecule has 2 rings (SSSR count). The first-order chi connectivity index (χ1) is 10.7. The summed E-state index contributed by atoms with van der Waals surface area (Å²) >= 11 is 3.24. The molecule has 1 aromatic carbocycles. The topological polar surface area (TPSA) is 72.8 Å². The van der Waals surface area contributed by atoms with Gasteiger partial charge in [0.15, 0.2) is 5.78 Å². The second-order valence-corrected chi connectivity index (χ2v) is 7.85. The zero-order valence-corrected chi connectivity index (χ0v) is 15.3. The smallest absolute Gasteiger partial charge is 0.290 e. The number of nitrogens with zero attached hydrogens (tertiary/aromatic N) is 1. The van der Waals surface area contributed by atoms with E-state index in [9.17, 15) is 13.2 Å². The van der Waals surface area contributed by atoms with E-state index in [1.54, 1.807) is 25.1 Å². The van der Waals surface area contributed by atoms with Gasteiger partial charge in [0.05, 0.1) is 0 Å². The molecule has 1 aliphatic carbocycles. The van der Waals surface area contributed by atoms with Gasteiger partial charge < -0.3 is 0 Å². The minimum atomic E-state index is -4.00. The van der Waals surface area contributed by atoms with E-state index >= 15 is 0 Å². The van der Waals surface area contributed by atoms with Crippen molar-refractivity contribution in [1.29, 1.82) is 0 Å². The zero-order chi connectivity index (χ0) is 17.2. The van der Waals surface area contributed by atoms with Crippen LogP contribution in [0.15, 0.2) is 62.1 Å². The molecule has 1 aliphatic rings. The number of hydrogen-bond donors (Lipinski definition) is 0. The molecule has 23 heavy (non-hydrogen) atoms. The Balaban J connectivity index is 2.29. The Morgan fingerprint density at radius 3 is 2.30 bits per heavy atom. The average Bonchev–Trinajstić information content (AvgIpc) is 2.46. The van der Waals surface area contributed by atoms with E-state index in [-0.39, 0.29) is 16.6 Å². The zero-order valence-electron chi connectivity index (χ0n) is 12.9. The summed E-state index contributed by atoms with van der Waals surface area (Å²) in [6, 6.07) is 6.04. The van der Waals surface area contributed by atoms with Crippen LogP contribution in [-0.2, 0) is 19.2 Å². The molecule has 0 atom stereocenters. The Kier molecular flexibility index (Phi) is 5.21. The molecule has 0 amide bonds. The molecule has 0 aliphatic heterocycles. The van der Waals surface area contributed by atoms with Gasteiger partial charge in [-0.15, -0.1) is 0 Å². The summed E-state index contributed by atoms with van der Waals surface area (Å²) in [5, 5.41) is 3.72. The Morgan fingerprint density at radius 1 is 1.13 bits per heavy atom. The van der Waals surface area contributed by atoms with Crippen molar-refractivity contribution in [2.75, 3.05) is 0 Å². The van der Waals surface area contributed by atoms with E-state index in [1.807, 2.05) is 13.8 Å². The number of hydrogen-bond acceptors (Lipinski definition) is 5. The van der Waals surface area contributed by atoms with Crippen molar-refractivity contribution < 1.29 is 17.5 Å². The van der Waals surface area contributed by atoms with E-state index in [2.05, 4.69) is 21.1 Å². The molecule has 0 fully saturated rings. The average molecular weight is 398 g/mol. The third-order valence-corrected chi connectivity index (χ3v) is 4.94. The van der Waals surface area contributed by atoms with E-state index in [4.69, 9.17) is 4.28 Å². The van der Waals surface area contributed by atoms with Gasteiger partial charge >= 0.3 is 10.1 Å². The third kappa shape index (κ3) is 4.17. The number of ketones is 1. The molecule has 5 nitrogen and oxygen atoms in total. The predicted octanol–water partition coefficient (Wildman–Crippen LogP) is 3.62. The molecule has 0 unspecified atom stereocenters. The number of allylic oxidation sites excluding steroid dienone is 4. The van der Waals surface area contributed by atoms with Crippen molar-refractivity contribution in [2.45, 2.75) is 25.7 Å². The molecule has 0 N–H and O–H groups in total. The Hall–Kier alpha value is -1.73. The largest absolute Gasteiger partial charge is 0.358 e. The highest BCUT2D eigenvalue weighted by Gasteiger charge is 2.21. The van der Waals surface area contributed by atoms with Gasteiger partial charge in [0, 0.05) is 10.0 Å². The highest BCUT2D eigenvalue weighted by molar-refractivity contribution is 9.10. The predicted molar refractivity (Wildman–Crippen MR) is 91.5 cm³/mol. The van der Waals surface area contributed by atoms with E-state index in [0.717, 1.165) is 4.47 Å². The molecule has 0 spiro atoms. The maximum Gasteiger partial charge on any atom is 0.358 e. The highest BCUT2D eigenvalue weighted by Crippen LogP contribution is 2.21. The van der Waals surface area contributed by atoms with Crippen molar-refractivity contribution in [3.63, 3.8) is 0 Å². The molecule has 0 bridgehead atoms. The molecular formula is C16H16BrNO4S. The molecule has 0 saturated carbocycles. The van der Waals surface area contributed by atoms with Crippen molar-refractivity contribution in [3.8, 4) is 0 Å². The second kappa shape index (κ2) is 6.80. The van der Waals surface area contributed by atoms with E-state index in [0.29, 0.717) is 16.9 Å². The van der Waals surface area contributed by atoms with Crippen molar-refractivity contribution in [3.05, 3.63) is 52.0 Å². The van der Waals surface area contributed by atoms with Crippen LogP contribution in [0.2, 0.25) is 0 Å². The molecule has 0 heterocycles. The molecule has 1 aromatic rings. The number of oxime groups is 1. The van der Waals surface area contributed by atoms with Crippen molar-refractivity contribution in [1.82, 2.24) is 0 Å². The van der Waals surface area contributed by atoms with Crippen LogP contribution < -0.4 is 0 Å². The Morgan fingerprint density at radius 2 is 1.74 bits per heavy atom. The SMILES string of the molecule is CC1=CC(=O)C(C(C)C)=C/C1=N\OS(=O)(=O)c1ccc(Br)cc1. The van der Waals surface area contributed by atoms with Gasteiger partial charge in [-0.05, 0) is 54.8 Å². The van der Waals surface area contributed by atoms with Crippen LogP contribution in [0.3, 0.4) is 0 Å². The van der Waals surface area contributed by atoms with Crippen LogP contribution in [0.5, 0.6) is 0 Å². The second-order valence-electron chi connectivity index (χ2n) is 5.41. The van der Waals surface area contributed by atoms with Gasteiger partial charge in [0.2, 0.25) is 0 Å². The molecule has 7 heteroatoms. The lowest BCUT2D eigenvalue weighted by Crippen LogP contribution is -2.16. The minimum absolute atomic E-state index is 0.00614. The number of rotatable bonds is 4. The van der Waals surface area contributed by atoms with Gasteiger partial charge in [0.25, 0.3) is 0 Å². The quantitative estimate of drug-likeness (QED) is 0.574. The van der Waals surface area contributed by atoms with Gasteiger partial charge in [-0.25, -0.2) is 0 Å². The van der Waals surface area contributed by atoms with Crippen LogP contribution in [0.4, 0.5) is 0 Å². The molecule has 0 aromatic heterocycles. The fraction of sp³-hybridized carbons (Fsp3) is 0.250. The third-order valence-electron chi connectivity index (χ3n) is 3.29.